The Morgan fingerprint density at radius 3 is 2.95 bits per heavy atom. The molecule has 1 aliphatic carbocycles. The van der Waals surface area contributed by atoms with Gasteiger partial charge in [0.15, 0.2) is 0 Å². The van der Waals surface area contributed by atoms with Gasteiger partial charge >= 0.3 is 0 Å². The van der Waals surface area contributed by atoms with E-state index in [0.29, 0.717) is 0 Å². The molecule has 0 saturated carbocycles. The number of hydrogen-bond donors (Lipinski definition) is 2. The lowest BCUT2D eigenvalue weighted by Crippen LogP contribution is -2.27. The van der Waals surface area contributed by atoms with Gasteiger partial charge in [-0.25, -0.2) is 0 Å². The maximum atomic E-state index is 12.5. The molecule has 1 amide bonds. The van der Waals surface area contributed by atoms with E-state index in [1.807, 2.05) is 24.3 Å². The second kappa shape index (κ2) is 4.92. The lowest BCUT2D eigenvalue weighted by atomic mass is 10.1. The number of aryl methyl sites for hydroxylation is 1. The topological polar surface area (TPSA) is 41.1 Å². The van der Waals surface area contributed by atoms with Gasteiger partial charge in [0.1, 0.15) is 0 Å². The van der Waals surface area contributed by atoms with E-state index in [9.17, 15) is 4.79 Å². The molecule has 0 aromatic heterocycles. The Hall–Kier alpha value is -2.29. The Morgan fingerprint density at radius 2 is 2.00 bits per heavy atom. The second-order valence-electron chi connectivity index (χ2n) is 5.81. The number of amides is 1. The molecule has 0 saturated heterocycles. The molecular weight excluding hydrogens is 260 g/mol. The molecule has 1 heterocycles. The van der Waals surface area contributed by atoms with Crippen LogP contribution in [0.25, 0.3) is 0 Å². The van der Waals surface area contributed by atoms with Crippen LogP contribution in [0.3, 0.4) is 0 Å². The predicted molar refractivity (Wildman–Crippen MR) is 83.6 cm³/mol. The number of anilines is 1. The highest BCUT2D eigenvalue weighted by Gasteiger charge is 2.24. The fourth-order valence-corrected chi connectivity index (χ4v) is 3.39. The molecule has 2 aliphatic rings. The fraction of sp³-hybridized carbons (Fsp3) is 0.278. The quantitative estimate of drug-likeness (QED) is 0.886. The van der Waals surface area contributed by atoms with Crippen molar-refractivity contribution in [3.63, 3.8) is 0 Å². The minimum atomic E-state index is 0.0337. The molecular formula is C18H18N2O. The smallest absolute Gasteiger partial charge is 0.251 e. The first-order valence-electron chi connectivity index (χ1n) is 7.57. The first-order chi connectivity index (χ1) is 10.3. The van der Waals surface area contributed by atoms with Gasteiger partial charge in [-0.15, -0.1) is 0 Å². The summed E-state index contributed by atoms with van der Waals surface area (Å²) in [4.78, 5) is 12.5. The summed E-state index contributed by atoms with van der Waals surface area (Å²) in [5.74, 6) is 0.0337. The first kappa shape index (κ1) is 12.5. The molecule has 0 bridgehead atoms. The van der Waals surface area contributed by atoms with Crippen molar-refractivity contribution in [2.45, 2.75) is 25.3 Å². The van der Waals surface area contributed by atoms with Gasteiger partial charge in [0.2, 0.25) is 0 Å². The van der Waals surface area contributed by atoms with Gasteiger partial charge < -0.3 is 10.6 Å². The van der Waals surface area contributed by atoms with E-state index in [1.54, 1.807) is 0 Å². The normalized spacial score (nSPS) is 18.8. The molecule has 1 unspecified atom stereocenters. The van der Waals surface area contributed by atoms with Gasteiger partial charge in [0.25, 0.3) is 5.91 Å². The van der Waals surface area contributed by atoms with E-state index in [4.69, 9.17) is 0 Å². The second-order valence-corrected chi connectivity index (χ2v) is 5.81. The number of benzene rings is 2. The lowest BCUT2D eigenvalue weighted by molar-refractivity contribution is 0.0936. The van der Waals surface area contributed by atoms with Gasteiger partial charge in [-0.2, -0.15) is 0 Å². The SMILES string of the molecule is O=C(NC1CCc2ccccc21)c1ccc2c(c1)CCN2. The van der Waals surface area contributed by atoms with Crippen LogP contribution in [-0.4, -0.2) is 12.5 Å². The van der Waals surface area contributed by atoms with Crippen LogP contribution < -0.4 is 10.6 Å². The van der Waals surface area contributed by atoms with Crippen LogP contribution in [0.1, 0.15) is 39.5 Å². The number of carbonyl (C=O) groups is 1. The zero-order valence-corrected chi connectivity index (χ0v) is 11.9. The van der Waals surface area contributed by atoms with E-state index in [2.05, 4.69) is 28.8 Å². The van der Waals surface area contributed by atoms with Crippen molar-refractivity contribution in [2.75, 3.05) is 11.9 Å². The average molecular weight is 278 g/mol. The van der Waals surface area contributed by atoms with Crippen LogP contribution in [0.4, 0.5) is 5.69 Å². The van der Waals surface area contributed by atoms with Crippen molar-refractivity contribution in [1.82, 2.24) is 5.32 Å². The molecule has 4 rings (SSSR count). The molecule has 1 atom stereocenters. The molecule has 106 valence electrons. The average Bonchev–Trinajstić information content (AvgIpc) is 3.13. The van der Waals surface area contributed by atoms with E-state index in [0.717, 1.165) is 37.1 Å². The lowest BCUT2D eigenvalue weighted by Gasteiger charge is -2.14. The summed E-state index contributed by atoms with van der Waals surface area (Å²) in [7, 11) is 0. The van der Waals surface area contributed by atoms with Gasteiger partial charge in [-0.05, 0) is 54.2 Å². The van der Waals surface area contributed by atoms with Crippen molar-refractivity contribution in [1.29, 1.82) is 0 Å². The summed E-state index contributed by atoms with van der Waals surface area (Å²) >= 11 is 0. The minimum absolute atomic E-state index is 0.0337. The van der Waals surface area contributed by atoms with Crippen LogP contribution >= 0.6 is 0 Å². The van der Waals surface area contributed by atoms with Crippen molar-refractivity contribution in [3.05, 3.63) is 64.7 Å². The number of fused-ring (bicyclic) bond motifs is 2. The third-order valence-corrected chi connectivity index (χ3v) is 4.52. The van der Waals surface area contributed by atoms with Crippen molar-refractivity contribution in [3.8, 4) is 0 Å². The van der Waals surface area contributed by atoms with Gasteiger partial charge in [-0.1, -0.05) is 24.3 Å². The molecule has 2 aromatic carbocycles. The zero-order valence-electron chi connectivity index (χ0n) is 11.9. The number of nitrogens with one attached hydrogen (secondary N) is 2. The molecule has 3 heteroatoms. The van der Waals surface area contributed by atoms with Crippen molar-refractivity contribution >= 4 is 11.6 Å². The maximum absolute atomic E-state index is 12.5. The zero-order chi connectivity index (χ0) is 14.2. The van der Waals surface area contributed by atoms with E-state index < -0.39 is 0 Å². The first-order valence-corrected chi connectivity index (χ1v) is 7.57. The molecule has 0 fully saturated rings. The van der Waals surface area contributed by atoms with Crippen LogP contribution in [0.5, 0.6) is 0 Å². The van der Waals surface area contributed by atoms with E-state index in [1.165, 1.54) is 16.7 Å². The Bertz CT molecular complexity index is 708. The number of carbonyl (C=O) groups excluding carboxylic acids is 1. The van der Waals surface area contributed by atoms with E-state index in [-0.39, 0.29) is 11.9 Å². The largest absolute Gasteiger partial charge is 0.384 e. The summed E-state index contributed by atoms with van der Waals surface area (Å²) in [6.07, 6.45) is 3.05. The summed E-state index contributed by atoms with van der Waals surface area (Å²) in [6.45, 7) is 0.969. The molecule has 0 spiro atoms. The number of rotatable bonds is 2. The highest BCUT2D eigenvalue weighted by atomic mass is 16.1. The van der Waals surface area contributed by atoms with Crippen LogP contribution in [0, 0.1) is 0 Å². The van der Waals surface area contributed by atoms with Crippen LogP contribution in [-0.2, 0) is 12.8 Å². The summed E-state index contributed by atoms with van der Waals surface area (Å²) in [5, 5.41) is 6.50. The highest BCUT2D eigenvalue weighted by molar-refractivity contribution is 5.95. The van der Waals surface area contributed by atoms with Gasteiger partial charge in [-0.3, -0.25) is 4.79 Å². The Balaban J connectivity index is 1.54. The van der Waals surface area contributed by atoms with Crippen LogP contribution in [0.2, 0.25) is 0 Å². The van der Waals surface area contributed by atoms with Gasteiger partial charge in [0.05, 0.1) is 6.04 Å². The van der Waals surface area contributed by atoms with Gasteiger partial charge in [0, 0.05) is 17.8 Å². The Kier molecular flexibility index (Phi) is 2.92. The highest BCUT2D eigenvalue weighted by Crippen LogP contribution is 2.31. The van der Waals surface area contributed by atoms with E-state index >= 15 is 0 Å². The van der Waals surface area contributed by atoms with Crippen molar-refractivity contribution < 1.29 is 4.79 Å². The fourth-order valence-electron chi connectivity index (χ4n) is 3.39. The molecule has 21 heavy (non-hydrogen) atoms. The molecule has 0 radical (unpaired) electrons. The van der Waals surface area contributed by atoms with Crippen molar-refractivity contribution in [2.24, 2.45) is 0 Å². The third kappa shape index (κ3) is 2.19. The summed E-state index contributed by atoms with van der Waals surface area (Å²) in [5.41, 5.74) is 5.81. The molecule has 1 aliphatic heterocycles. The monoisotopic (exact) mass is 278 g/mol. The maximum Gasteiger partial charge on any atom is 0.251 e. The van der Waals surface area contributed by atoms with Crippen LogP contribution in [0.15, 0.2) is 42.5 Å². The summed E-state index contributed by atoms with van der Waals surface area (Å²) in [6, 6.07) is 14.5. The third-order valence-electron chi connectivity index (χ3n) is 4.52. The molecule has 3 nitrogen and oxygen atoms in total. The minimum Gasteiger partial charge on any atom is -0.384 e. The Morgan fingerprint density at radius 1 is 1.10 bits per heavy atom. The summed E-state index contributed by atoms with van der Waals surface area (Å²) < 4.78 is 0. The number of hydrogen-bond acceptors (Lipinski definition) is 2. The molecule has 2 N–H and O–H groups in total. The Labute approximate surface area is 124 Å². The predicted octanol–water partition coefficient (Wildman–Crippen LogP) is 3.07. The molecule has 2 aromatic rings. The standard InChI is InChI=1S/C18H18N2O/c21-18(14-6-7-16-13(11-14)9-10-19-16)20-17-8-5-12-3-1-2-4-15(12)17/h1-4,6-7,11,17,19H,5,8-10H2,(H,20,21).